The second kappa shape index (κ2) is 10.2. The molecule has 1 aromatic carbocycles. The molecule has 2 N–H and O–H groups in total. The van der Waals surface area contributed by atoms with Crippen LogP contribution in [0.3, 0.4) is 0 Å². The van der Waals surface area contributed by atoms with E-state index in [-0.39, 0.29) is 29.7 Å². The number of piperidine rings is 1. The molecule has 1 fully saturated rings. The molecule has 0 aliphatic carbocycles. The zero-order chi connectivity index (χ0) is 24.2. The fourth-order valence-electron chi connectivity index (χ4n) is 4.27. The number of carbonyl (C=O) groups is 1. The number of amides is 1. The number of H-pyrrole nitrogens is 1. The molecule has 0 unspecified atom stereocenters. The van der Waals surface area contributed by atoms with Crippen molar-refractivity contribution in [3.63, 3.8) is 0 Å². The molecule has 1 aliphatic rings. The zero-order valence-corrected chi connectivity index (χ0v) is 20.1. The van der Waals surface area contributed by atoms with E-state index in [0.29, 0.717) is 22.6 Å². The fraction of sp³-hybridized carbons (Fsp3) is 0.458. The van der Waals surface area contributed by atoms with Crippen LogP contribution in [-0.4, -0.2) is 44.2 Å². The highest BCUT2D eigenvalue weighted by molar-refractivity contribution is 7.91. The molecule has 1 saturated heterocycles. The summed E-state index contributed by atoms with van der Waals surface area (Å²) in [5.41, 5.74) is 2.85. The average molecular weight is 471 g/mol. The predicted molar refractivity (Wildman–Crippen MR) is 127 cm³/mol. The van der Waals surface area contributed by atoms with Gasteiger partial charge in [0.05, 0.1) is 10.6 Å². The van der Waals surface area contributed by atoms with E-state index in [0.717, 1.165) is 37.2 Å². The maximum absolute atomic E-state index is 12.5. The molecule has 0 saturated carbocycles. The van der Waals surface area contributed by atoms with Crippen molar-refractivity contribution in [3.05, 3.63) is 57.0 Å². The third-order valence-electron chi connectivity index (χ3n) is 6.32. The standard InChI is InChI=1S/C24H30N4O4S/c1-4-33(31,32)20-7-5-19(6-8-20)28-13-11-18(12-14-28)27-23(29)10-9-21-16(2)22(15-25)24(30)26-17(21)3/h5-8,18H,4,9-14H2,1-3H3,(H,26,30)(H,27,29). The molecule has 2 heterocycles. The molecule has 3 rings (SSSR count). The number of anilines is 1. The maximum Gasteiger partial charge on any atom is 0.266 e. The van der Waals surface area contributed by atoms with E-state index in [9.17, 15) is 23.3 Å². The molecule has 0 radical (unpaired) electrons. The molecular formula is C24H30N4O4S. The van der Waals surface area contributed by atoms with Crippen molar-refractivity contribution in [3.8, 4) is 6.07 Å². The highest BCUT2D eigenvalue weighted by atomic mass is 32.2. The third-order valence-corrected chi connectivity index (χ3v) is 8.07. The first-order chi connectivity index (χ1) is 15.7. The number of benzene rings is 1. The van der Waals surface area contributed by atoms with Crippen LogP contribution in [-0.2, 0) is 21.1 Å². The number of aromatic nitrogens is 1. The molecule has 8 nitrogen and oxygen atoms in total. The molecule has 2 aromatic rings. The Morgan fingerprint density at radius 1 is 1.21 bits per heavy atom. The Morgan fingerprint density at radius 3 is 2.42 bits per heavy atom. The number of nitrogens with one attached hydrogen (secondary N) is 2. The molecule has 1 aromatic heterocycles. The lowest BCUT2D eigenvalue weighted by molar-refractivity contribution is -0.121. The number of nitrogens with zero attached hydrogens (tertiary/aromatic N) is 2. The number of nitriles is 1. The van der Waals surface area contributed by atoms with Gasteiger partial charge in [-0.25, -0.2) is 8.42 Å². The molecule has 0 spiro atoms. The average Bonchev–Trinajstić information content (AvgIpc) is 2.79. The summed E-state index contributed by atoms with van der Waals surface area (Å²) in [5.74, 6) is 0.0317. The smallest absolute Gasteiger partial charge is 0.266 e. The van der Waals surface area contributed by atoms with Crippen LogP contribution >= 0.6 is 0 Å². The zero-order valence-electron chi connectivity index (χ0n) is 19.3. The van der Waals surface area contributed by atoms with Gasteiger partial charge in [0.1, 0.15) is 11.6 Å². The van der Waals surface area contributed by atoms with Crippen molar-refractivity contribution in [2.45, 2.75) is 57.4 Å². The van der Waals surface area contributed by atoms with Crippen LogP contribution in [0.2, 0.25) is 0 Å². The number of rotatable bonds is 7. The minimum absolute atomic E-state index is 0.0499. The van der Waals surface area contributed by atoms with E-state index in [1.807, 2.05) is 18.2 Å². The van der Waals surface area contributed by atoms with E-state index in [2.05, 4.69) is 15.2 Å². The predicted octanol–water partition coefficient (Wildman–Crippen LogP) is 2.37. The summed E-state index contributed by atoms with van der Waals surface area (Å²) >= 11 is 0. The number of sulfone groups is 1. The van der Waals surface area contributed by atoms with E-state index in [1.165, 1.54) is 0 Å². The van der Waals surface area contributed by atoms with Gasteiger partial charge >= 0.3 is 0 Å². The van der Waals surface area contributed by atoms with Crippen LogP contribution in [0.5, 0.6) is 0 Å². The van der Waals surface area contributed by atoms with Crippen LogP contribution in [0.15, 0.2) is 34.0 Å². The number of aromatic amines is 1. The van der Waals surface area contributed by atoms with Gasteiger partial charge in [0.25, 0.3) is 5.56 Å². The van der Waals surface area contributed by atoms with Crippen molar-refractivity contribution in [2.24, 2.45) is 0 Å². The minimum atomic E-state index is -3.20. The summed E-state index contributed by atoms with van der Waals surface area (Å²) in [6, 6.07) is 9.01. The minimum Gasteiger partial charge on any atom is -0.371 e. The van der Waals surface area contributed by atoms with E-state index < -0.39 is 15.4 Å². The molecule has 0 bridgehead atoms. The fourth-order valence-corrected chi connectivity index (χ4v) is 5.16. The molecule has 9 heteroatoms. The van der Waals surface area contributed by atoms with Gasteiger partial charge in [-0.1, -0.05) is 6.92 Å². The Morgan fingerprint density at radius 2 is 1.85 bits per heavy atom. The highest BCUT2D eigenvalue weighted by Gasteiger charge is 2.22. The second-order valence-corrected chi connectivity index (χ2v) is 10.7. The SMILES string of the molecule is CCS(=O)(=O)c1ccc(N2CCC(NC(=O)CCc3c(C)[nH]c(=O)c(C#N)c3C)CC2)cc1. The summed E-state index contributed by atoms with van der Waals surface area (Å²) < 4.78 is 24.0. The van der Waals surface area contributed by atoms with E-state index in [1.54, 1.807) is 32.9 Å². The third kappa shape index (κ3) is 5.63. The molecule has 176 valence electrons. The first kappa shape index (κ1) is 24.5. The Bertz CT molecular complexity index is 1220. The summed E-state index contributed by atoms with van der Waals surface area (Å²) in [6.45, 7) is 6.70. The van der Waals surface area contributed by atoms with Gasteiger partial charge < -0.3 is 15.2 Å². The molecular weight excluding hydrogens is 440 g/mol. The van der Waals surface area contributed by atoms with Gasteiger partial charge in [0.2, 0.25) is 5.91 Å². The van der Waals surface area contributed by atoms with Gasteiger partial charge in [0.15, 0.2) is 9.84 Å². The van der Waals surface area contributed by atoms with Crippen LogP contribution in [0.4, 0.5) is 5.69 Å². The summed E-state index contributed by atoms with van der Waals surface area (Å²) in [7, 11) is -3.20. The van der Waals surface area contributed by atoms with Gasteiger partial charge in [0, 0.05) is 36.9 Å². The lowest BCUT2D eigenvalue weighted by Crippen LogP contribution is -2.44. The molecule has 0 atom stereocenters. The van der Waals surface area contributed by atoms with Crippen LogP contribution in [0.25, 0.3) is 0 Å². The lowest BCUT2D eigenvalue weighted by atomic mass is 9.98. The summed E-state index contributed by atoms with van der Waals surface area (Å²) in [6.07, 6.45) is 2.35. The van der Waals surface area contributed by atoms with E-state index >= 15 is 0 Å². The van der Waals surface area contributed by atoms with Gasteiger partial charge in [-0.2, -0.15) is 5.26 Å². The number of hydrogen-bond acceptors (Lipinski definition) is 6. The molecule has 1 amide bonds. The van der Waals surface area contributed by atoms with Gasteiger partial charge in [-0.3, -0.25) is 9.59 Å². The molecule has 1 aliphatic heterocycles. The topological polar surface area (TPSA) is 123 Å². The number of aryl methyl sites for hydroxylation is 1. The Kier molecular flexibility index (Phi) is 7.59. The monoisotopic (exact) mass is 470 g/mol. The Hall–Kier alpha value is -3.12. The van der Waals surface area contributed by atoms with Crippen LogP contribution < -0.4 is 15.8 Å². The highest BCUT2D eigenvalue weighted by Crippen LogP contribution is 2.23. The summed E-state index contributed by atoms with van der Waals surface area (Å²) in [4.78, 5) is 29.6. The summed E-state index contributed by atoms with van der Waals surface area (Å²) in [5, 5.41) is 12.3. The van der Waals surface area contributed by atoms with Crippen molar-refractivity contribution in [1.29, 1.82) is 5.26 Å². The quantitative estimate of drug-likeness (QED) is 0.640. The maximum atomic E-state index is 12.5. The van der Waals surface area contributed by atoms with Crippen molar-refractivity contribution in [1.82, 2.24) is 10.3 Å². The second-order valence-electron chi connectivity index (χ2n) is 8.40. The Balaban J connectivity index is 1.52. The van der Waals surface area contributed by atoms with Crippen molar-refractivity contribution < 1.29 is 13.2 Å². The van der Waals surface area contributed by atoms with Crippen LogP contribution in [0, 0.1) is 25.2 Å². The molecule has 33 heavy (non-hydrogen) atoms. The number of carbonyl (C=O) groups excluding carboxylic acids is 1. The van der Waals surface area contributed by atoms with Gasteiger partial charge in [-0.15, -0.1) is 0 Å². The first-order valence-corrected chi connectivity index (χ1v) is 12.8. The lowest BCUT2D eigenvalue weighted by Gasteiger charge is -2.34. The Labute approximate surface area is 194 Å². The first-order valence-electron chi connectivity index (χ1n) is 11.2. The number of hydrogen-bond donors (Lipinski definition) is 2. The van der Waals surface area contributed by atoms with Crippen molar-refractivity contribution >= 4 is 21.4 Å². The van der Waals surface area contributed by atoms with E-state index in [4.69, 9.17) is 0 Å². The number of pyridine rings is 1. The van der Waals surface area contributed by atoms with Crippen LogP contribution in [0.1, 0.15) is 48.6 Å². The largest absolute Gasteiger partial charge is 0.371 e. The normalized spacial score (nSPS) is 14.7. The van der Waals surface area contributed by atoms with Crippen molar-refractivity contribution in [2.75, 3.05) is 23.7 Å². The van der Waals surface area contributed by atoms with Gasteiger partial charge in [-0.05, 0) is 68.5 Å².